The molecule has 0 radical (unpaired) electrons. The molecule has 0 bridgehead atoms. The zero-order valence-corrected chi connectivity index (χ0v) is 27.7. The van der Waals surface area contributed by atoms with Crippen molar-refractivity contribution in [1.82, 2.24) is 0 Å². The van der Waals surface area contributed by atoms with Gasteiger partial charge in [-0.3, -0.25) is 0 Å². The fourth-order valence-electron chi connectivity index (χ4n) is 8.61. The Kier molecular flexibility index (Phi) is 5.06. The highest BCUT2D eigenvalue weighted by molar-refractivity contribution is 7.27. The molecular formula is C46H24OS2. The van der Waals surface area contributed by atoms with Crippen molar-refractivity contribution >= 4 is 128 Å². The Morgan fingerprint density at radius 3 is 1.71 bits per heavy atom. The van der Waals surface area contributed by atoms with Crippen LogP contribution in [0.15, 0.2) is 150 Å². The Morgan fingerprint density at radius 1 is 0.347 bits per heavy atom. The molecule has 0 fully saturated rings. The van der Waals surface area contributed by atoms with E-state index in [4.69, 9.17) is 4.42 Å². The van der Waals surface area contributed by atoms with E-state index >= 15 is 0 Å². The lowest BCUT2D eigenvalue weighted by molar-refractivity contribution is 0.673. The number of rotatable bonds is 1. The van der Waals surface area contributed by atoms with E-state index in [-0.39, 0.29) is 0 Å². The Bertz CT molecular complexity index is 3390. The average molecular weight is 657 g/mol. The molecule has 3 heterocycles. The number of hydrogen-bond acceptors (Lipinski definition) is 3. The van der Waals surface area contributed by atoms with Crippen LogP contribution in [0.1, 0.15) is 0 Å². The number of hydrogen-bond donors (Lipinski definition) is 0. The molecule has 0 N–H and O–H groups in total. The van der Waals surface area contributed by atoms with E-state index in [9.17, 15) is 0 Å². The number of furan rings is 1. The molecule has 0 aliphatic heterocycles. The second-order valence-corrected chi connectivity index (χ2v) is 15.2. The summed E-state index contributed by atoms with van der Waals surface area (Å²) >= 11 is 3.76. The fraction of sp³-hybridized carbons (Fsp3) is 0. The van der Waals surface area contributed by atoms with Crippen molar-refractivity contribution in [3.63, 3.8) is 0 Å². The van der Waals surface area contributed by atoms with E-state index in [0.717, 1.165) is 11.2 Å². The molecular weight excluding hydrogens is 633 g/mol. The van der Waals surface area contributed by atoms with E-state index in [1.807, 2.05) is 22.7 Å². The van der Waals surface area contributed by atoms with Gasteiger partial charge in [-0.15, -0.1) is 22.7 Å². The normalized spacial score (nSPS) is 12.5. The van der Waals surface area contributed by atoms with Crippen LogP contribution in [0.25, 0.3) is 116 Å². The molecule has 3 heteroatoms. The molecule has 0 aliphatic carbocycles. The summed E-state index contributed by atoms with van der Waals surface area (Å²) in [4.78, 5) is 0. The minimum atomic E-state index is 0.927. The van der Waals surface area contributed by atoms with Gasteiger partial charge in [0.15, 0.2) is 0 Å². The first kappa shape index (κ1) is 26.2. The Balaban J connectivity index is 1.25. The van der Waals surface area contributed by atoms with Crippen molar-refractivity contribution in [3.05, 3.63) is 146 Å². The average Bonchev–Trinajstić information content (AvgIpc) is 3.86. The van der Waals surface area contributed by atoms with Gasteiger partial charge >= 0.3 is 0 Å². The van der Waals surface area contributed by atoms with E-state index < -0.39 is 0 Å². The summed E-state index contributed by atoms with van der Waals surface area (Å²) in [6.45, 7) is 0. The van der Waals surface area contributed by atoms with Crippen LogP contribution < -0.4 is 0 Å². The lowest BCUT2D eigenvalue weighted by Crippen LogP contribution is -1.86. The molecule has 12 aromatic rings. The van der Waals surface area contributed by atoms with Crippen LogP contribution in [0.5, 0.6) is 0 Å². The summed E-state index contributed by atoms with van der Waals surface area (Å²) in [6, 6.07) is 53.6. The Labute approximate surface area is 287 Å². The van der Waals surface area contributed by atoms with Crippen LogP contribution >= 0.6 is 22.7 Å². The van der Waals surface area contributed by atoms with Crippen LogP contribution in [-0.4, -0.2) is 0 Å². The Morgan fingerprint density at radius 2 is 0.939 bits per heavy atom. The quantitative estimate of drug-likeness (QED) is 0.160. The van der Waals surface area contributed by atoms with Gasteiger partial charge in [-0.1, -0.05) is 109 Å². The fourth-order valence-corrected chi connectivity index (χ4v) is 11.0. The molecule has 0 amide bonds. The minimum absolute atomic E-state index is 0.927. The maximum Gasteiger partial charge on any atom is 0.144 e. The molecule has 3 aromatic heterocycles. The summed E-state index contributed by atoms with van der Waals surface area (Å²) in [7, 11) is 0. The zero-order chi connectivity index (χ0) is 31.8. The van der Waals surface area contributed by atoms with Crippen LogP contribution in [0.3, 0.4) is 0 Å². The van der Waals surface area contributed by atoms with E-state index in [1.54, 1.807) is 0 Å². The number of thiophene rings is 2. The molecule has 0 saturated carbocycles. The zero-order valence-electron chi connectivity index (χ0n) is 26.1. The van der Waals surface area contributed by atoms with E-state index in [2.05, 4.69) is 146 Å². The maximum atomic E-state index is 6.96. The SMILES string of the molecule is c1cc(-c2ccc3sc4ccccc4c3c2)c2c(c1)oc1c2ccc2sc3c4c5ccccc5c5ccccc5c4c4ccccc4c3c21. The molecule has 226 valence electrons. The van der Waals surface area contributed by atoms with Gasteiger partial charge in [0.1, 0.15) is 11.2 Å². The highest BCUT2D eigenvalue weighted by Gasteiger charge is 2.23. The molecule has 0 atom stereocenters. The van der Waals surface area contributed by atoms with Gasteiger partial charge in [-0.25, -0.2) is 0 Å². The first-order valence-electron chi connectivity index (χ1n) is 16.7. The summed E-state index contributed by atoms with van der Waals surface area (Å²) in [5.74, 6) is 0. The van der Waals surface area contributed by atoms with Crippen molar-refractivity contribution < 1.29 is 4.42 Å². The topological polar surface area (TPSA) is 13.1 Å². The predicted molar refractivity (Wildman–Crippen MR) is 215 cm³/mol. The molecule has 0 saturated heterocycles. The smallest absolute Gasteiger partial charge is 0.144 e. The molecule has 0 unspecified atom stereocenters. The lowest BCUT2D eigenvalue weighted by atomic mass is 9.89. The molecule has 0 spiro atoms. The highest BCUT2D eigenvalue weighted by atomic mass is 32.1. The van der Waals surface area contributed by atoms with Gasteiger partial charge in [-0.05, 0) is 85.2 Å². The third-order valence-electron chi connectivity index (χ3n) is 10.6. The second kappa shape index (κ2) is 9.45. The first-order valence-corrected chi connectivity index (χ1v) is 18.3. The van der Waals surface area contributed by atoms with Crippen molar-refractivity contribution in [2.24, 2.45) is 0 Å². The molecule has 1 nitrogen and oxygen atoms in total. The maximum absolute atomic E-state index is 6.96. The van der Waals surface area contributed by atoms with E-state index in [0.29, 0.717) is 0 Å². The monoisotopic (exact) mass is 656 g/mol. The largest absolute Gasteiger partial charge is 0.455 e. The molecule has 12 rings (SSSR count). The van der Waals surface area contributed by atoms with Crippen LogP contribution in [0.2, 0.25) is 0 Å². The second-order valence-electron chi connectivity index (χ2n) is 13.1. The van der Waals surface area contributed by atoms with Crippen LogP contribution in [-0.2, 0) is 0 Å². The molecule has 49 heavy (non-hydrogen) atoms. The van der Waals surface area contributed by atoms with Gasteiger partial charge in [0.25, 0.3) is 0 Å². The third kappa shape index (κ3) is 3.38. The van der Waals surface area contributed by atoms with Crippen LogP contribution in [0.4, 0.5) is 0 Å². The minimum Gasteiger partial charge on any atom is -0.455 e. The molecule has 0 aliphatic rings. The first-order chi connectivity index (χ1) is 24.3. The summed E-state index contributed by atoms with van der Waals surface area (Å²) in [5, 5.41) is 17.9. The standard InChI is InChI=1S/C46H24OS2/c1-3-13-30-27(10-1)28-11-2-4-14-31(28)42-41(30)32-15-5-6-16-33(32)43-44-39(49-46(42)43)23-21-34-40-26(17-9-18-36(40)47-45(34)44)25-20-22-38-35(24-25)29-12-7-8-19-37(29)48-38/h1-24H. The summed E-state index contributed by atoms with van der Waals surface area (Å²) in [6.07, 6.45) is 0. The predicted octanol–water partition coefficient (Wildman–Crippen LogP) is 14.6. The van der Waals surface area contributed by atoms with Crippen molar-refractivity contribution in [1.29, 1.82) is 0 Å². The third-order valence-corrected chi connectivity index (χ3v) is 13.0. The van der Waals surface area contributed by atoms with Gasteiger partial charge in [0.05, 0.1) is 0 Å². The number of fused-ring (bicyclic) bond motifs is 20. The summed E-state index contributed by atoms with van der Waals surface area (Å²) in [5.41, 5.74) is 4.33. The van der Waals surface area contributed by atoms with E-state index in [1.165, 1.54) is 105 Å². The Hall–Kier alpha value is -5.74. The van der Waals surface area contributed by atoms with Gasteiger partial charge in [-0.2, -0.15) is 0 Å². The van der Waals surface area contributed by atoms with Gasteiger partial charge in [0.2, 0.25) is 0 Å². The highest BCUT2D eigenvalue weighted by Crippen LogP contribution is 2.51. The van der Waals surface area contributed by atoms with Gasteiger partial charge in [0, 0.05) is 56.5 Å². The van der Waals surface area contributed by atoms with Crippen molar-refractivity contribution in [2.45, 2.75) is 0 Å². The van der Waals surface area contributed by atoms with Gasteiger partial charge < -0.3 is 4.42 Å². The lowest BCUT2D eigenvalue weighted by Gasteiger charge is -2.14. The molecule has 9 aromatic carbocycles. The number of benzene rings is 9. The van der Waals surface area contributed by atoms with Crippen LogP contribution in [0, 0.1) is 0 Å². The van der Waals surface area contributed by atoms with Crippen molar-refractivity contribution in [3.8, 4) is 11.1 Å². The van der Waals surface area contributed by atoms with Crippen molar-refractivity contribution in [2.75, 3.05) is 0 Å². The summed E-state index contributed by atoms with van der Waals surface area (Å²) < 4.78 is 12.2.